The summed E-state index contributed by atoms with van der Waals surface area (Å²) in [4.78, 5) is 21.2. The lowest BCUT2D eigenvalue weighted by molar-refractivity contribution is -0.141. The third-order valence-corrected chi connectivity index (χ3v) is 6.99. The molecule has 1 fully saturated rings. The molecule has 1 aromatic carbocycles. The fourth-order valence-corrected chi connectivity index (χ4v) is 4.90. The van der Waals surface area contributed by atoms with Crippen LogP contribution in [0.4, 0.5) is 13.2 Å². The Morgan fingerprint density at radius 3 is 2.67 bits per heavy atom. The van der Waals surface area contributed by atoms with Crippen LogP contribution in [0, 0.1) is 11.7 Å². The van der Waals surface area contributed by atoms with E-state index < -0.39 is 23.3 Å². The van der Waals surface area contributed by atoms with Crippen LogP contribution in [0.5, 0.6) is 0 Å². The molecule has 0 bridgehead atoms. The number of carbonyl (C=O) groups is 1. The maximum Gasteiger partial charge on any atom is 0.266 e. The SMILES string of the molecule is C[C@@H](CCc1nc(Cl)nc2c1CC(CCC(=O)C1(N)COC1)C2)c1cccc(C(F)F)c1F. The number of nitrogens with zero attached hydrogens (tertiary/aromatic N) is 2. The Bertz CT molecular complexity index is 1050. The van der Waals surface area contributed by atoms with Gasteiger partial charge in [-0.1, -0.05) is 25.1 Å². The van der Waals surface area contributed by atoms with Crippen molar-refractivity contribution >= 4 is 17.4 Å². The van der Waals surface area contributed by atoms with Gasteiger partial charge in [0.05, 0.1) is 18.8 Å². The van der Waals surface area contributed by atoms with E-state index in [0.717, 1.165) is 29.4 Å². The highest BCUT2D eigenvalue weighted by molar-refractivity contribution is 6.28. The van der Waals surface area contributed by atoms with Gasteiger partial charge in [-0.05, 0) is 66.7 Å². The van der Waals surface area contributed by atoms with Gasteiger partial charge in [-0.2, -0.15) is 0 Å². The van der Waals surface area contributed by atoms with E-state index >= 15 is 0 Å². The zero-order chi connectivity index (χ0) is 23.8. The van der Waals surface area contributed by atoms with Crippen LogP contribution in [0.3, 0.4) is 0 Å². The van der Waals surface area contributed by atoms with Gasteiger partial charge in [0.25, 0.3) is 6.43 Å². The Balaban J connectivity index is 1.41. The molecule has 1 aliphatic carbocycles. The molecule has 178 valence electrons. The Hall–Kier alpha value is -2.03. The summed E-state index contributed by atoms with van der Waals surface area (Å²) in [5, 5.41) is 0.159. The average molecular weight is 482 g/mol. The highest BCUT2D eigenvalue weighted by atomic mass is 35.5. The van der Waals surface area contributed by atoms with Crippen LogP contribution in [0.1, 0.15) is 66.6 Å². The van der Waals surface area contributed by atoms with Gasteiger partial charge in [-0.15, -0.1) is 0 Å². The largest absolute Gasteiger partial charge is 0.376 e. The van der Waals surface area contributed by atoms with E-state index in [1.807, 2.05) is 6.92 Å². The van der Waals surface area contributed by atoms with Crippen molar-refractivity contribution in [2.45, 2.75) is 63.3 Å². The number of aromatic nitrogens is 2. The Morgan fingerprint density at radius 2 is 2.00 bits per heavy atom. The number of alkyl halides is 2. The number of rotatable bonds is 9. The molecule has 1 unspecified atom stereocenters. The van der Waals surface area contributed by atoms with E-state index in [-0.39, 0.29) is 41.7 Å². The molecule has 33 heavy (non-hydrogen) atoms. The van der Waals surface area contributed by atoms with Gasteiger partial charge in [0.15, 0.2) is 5.78 Å². The maximum atomic E-state index is 14.5. The molecule has 2 aliphatic rings. The van der Waals surface area contributed by atoms with Crippen LogP contribution in [0.15, 0.2) is 18.2 Å². The summed E-state index contributed by atoms with van der Waals surface area (Å²) in [6, 6.07) is 4.12. The lowest BCUT2D eigenvalue weighted by Crippen LogP contribution is -2.63. The first kappa shape index (κ1) is 24.1. The fourth-order valence-electron chi connectivity index (χ4n) is 4.69. The van der Waals surface area contributed by atoms with Crippen LogP contribution in [-0.4, -0.2) is 34.5 Å². The van der Waals surface area contributed by atoms with E-state index in [9.17, 15) is 18.0 Å². The van der Waals surface area contributed by atoms with Gasteiger partial charge in [0.1, 0.15) is 11.4 Å². The summed E-state index contributed by atoms with van der Waals surface area (Å²) in [5.74, 6) is -0.841. The smallest absolute Gasteiger partial charge is 0.266 e. The highest BCUT2D eigenvalue weighted by Crippen LogP contribution is 2.34. The van der Waals surface area contributed by atoms with Crippen molar-refractivity contribution in [3.05, 3.63) is 57.4 Å². The van der Waals surface area contributed by atoms with E-state index in [1.165, 1.54) is 6.07 Å². The summed E-state index contributed by atoms with van der Waals surface area (Å²) < 4.78 is 45.7. The van der Waals surface area contributed by atoms with Crippen molar-refractivity contribution in [3.63, 3.8) is 0 Å². The van der Waals surface area contributed by atoms with Gasteiger partial charge in [0.2, 0.25) is 5.28 Å². The molecule has 0 radical (unpaired) electrons. The number of ether oxygens (including phenoxy) is 1. The third kappa shape index (κ3) is 5.08. The molecule has 2 N–H and O–H groups in total. The molecule has 2 heterocycles. The number of aryl methyl sites for hydroxylation is 1. The number of Topliss-reactive ketones (excluding diaryl/α,β-unsaturated/α-hetero) is 1. The molecule has 0 saturated carbocycles. The Labute approximate surface area is 195 Å². The van der Waals surface area contributed by atoms with E-state index in [2.05, 4.69) is 9.97 Å². The minimum atomic E-state index is -2.85. The van der Waals surface area contributed by atoms with E-state index in [1.54, 1.807) is 6.07 Å². The highest BCUT2D eigenvalue weighted by Gasteiger charge is 2.41. The number of carbonyl (C=O) groups excluding carboxylic acids is 1. The van der Waals surface area contributed by atoms with Crippen molar-refractivity contribution in [2.75, 3.05) is 13.2 Å². The first-order valence-corrected chi connectivity index (χ1v) is 11.6. The lowest BCUT2D eigenvalue weighted by atomic mass is 9.87. The van der Waals surface area contributed by atoms with E-state index in [4.69, 9.17) is 22.1 Å². The molecular formula is C24H27ClF3N3O2. The number of fused-ring (bicyclic) bond motifs is 1. The summed E-state index contributed by atoms with van der Waals surface area (Å²) >= 11 is 6.15. The summed E-state index contributed by atoms with van der Waals surface area (Å²) in [6.45, 7) is 2.37. The summed E-state index contributed by atoms with van der Waals surface area (Å²) in [5.41, 5.74) is 7.61. The minimum absolute atomic E-state index is 0.0240. The predicted octanol–water partition coefficient (Wildman–Crippen LogP) is 4.73. The van der Waals surface area contributed by atoms with Crippen LogP contribution < -0.4 is 5.73 Å². The summed E-state index contributed by atoms with van der Waals surface area (Å²) in [6.07, 6.45) is 0.760. The molecule has 1 saturated heterocycles. The number of nitrogens with two attached hydrogens (primary N) is 1. The molecular weight excluding hydrogens is 455 g/mol. The van der Waals surface area contributed by atoms with E-state index in [0.29, 0.717) is 32.1 Å². The number of benzene rings is 1. The van der Waals surface area contributed by atoms with Crippen molar-refractivity contribution < 1.29 is 22.7 Å². The second-order valence-corrected chi connectivity index (χ2v) is 9.58. The zero-order valence-electron chi connectivity index (χ0n) is 18.4. The van der Waals surface area contributed by atoms with Crippen molar-refractivity contribution in [3.8, 4) is 0 Å². The second-order valence-electron chi connectivity index (χ2n) is 9.24. The molecule has 0 spiro atoms. The molecule has 4 rings (SSSR count). The quantitative estimate of drug-likeness (QED) is 0.524. The number of ketones is 1. The molecule has 2 aromatic rings. The monoisotopic (exact) mass is 481 g/mol. The number of hydrogen-bond donors (Lipinski definition) is 1. The van der Waals surface area contributed by atoms with Crippen LogP contribution >= 0.6 is 11.6 Å². The summed E-state index contributed by atoms with van der Waals surface area (Å²) in [7, 11) is 0. The van der Waals surface area contributed by atoms with Gasteiger partial charge >= 0.3 is 0 Å². The van der Waals surface area contributed by atoms with Crippen LogP contribution in [-0.2, 0) is 28.8 Å². The van der Waals surface area contributed by atoms with Gasteiger partial charge in [-0.25, -0.2) is 23.1 Å². The van der Waals surface area contributed by atoms with Crippen LogP contribution in [0.25, 0.3) is 0 Å². The second kappa shape index (κ2) is 9.68. The Kier molecular flexibility index (Phi) is 7.07. The molecule has 2 atom stereocenters. The predicted molar refractivity (Wildman–Crippen MR) is 118 cm³/mol. The molecule has 5 nitrogen and oxygen atoms in total. The average Bonchev–Trinajstić information content (AvgIpc) is 3.16. The number of halogens is 4. The zero-order valence-corrected chi connectivity index (χ0v) is 19.2. The van der Waals surface area contributed by atoms with Gasteiger partial charge < -0.3 is 10.5 Å². The van der Waals surface area contributed by atoms with Gasteiger partial charge in [-0.3, -0.25) is 4.79 Å². The van der Waals surface area contributed by atoms with Crippen molar-refractivity contribution in [1.82, 2.24) is 9.97 Å². The topological polar surface area (TPSA) is 78.1 Å². The Morgan fingerprint density at radius 1 is 1.27 bits per heavy atom. The minimum Gasteiger partial charge on any atom is -0.376 e. The first-order valence-electron chi connectivity index (χ1n) is 11.2. The number of hydrogen-bond acceptors (Lipinski definition) is 5. The fraction of sp³-hybridized carbons (Fsp3) is 0.542. The van der Waals surface area contributed by atoms with Gasteiger partial charge in [0, 0.05) is 17.8 Å². The maximum absolute atomic E-state index is 14.5. The normalized spacial score (nSPS) is 19.9. The molecule has 0 amide bonds. The lowest BCUT2D eigenvalue weighted by Gasteiger charge is -2.36. The molecule has 1 aliphatic heterocycles. The molecule has 9 heteroatoms. The van der Waals surface area contributed by atoms with Crippen molar-refractivity contribution in [2.24, 2.45) is 11.7 Å². The molecule has 1 aromatic heterocycles. The van der Waals surface area contributed by atoms with Crippen molar-refractivity contribution in [1.29, 1.82) is 0 Å². The third-order valence-electron chi connectivity index (χ3n) is 6.82. The first-order chi connectivity index (χ1) is 15.7. The van der Waals surface area contributed by atoms with Crippen LogP contribution in [0.2, 0.25) is 5.28 Å². The standard InChI is InChI=1S/C24H27ClF3N3O2/c1-13(15-3-2-4-16(21(15)26)22(27)28)5-7-18-17-9-14(10-19(17)31-23(25)30-18)6-8-20(32)24(29)11-33-12-24/h2-4,13-14,22H,5-12,29H2,1H3/t13-,14?/m0/s1.